The van der Waals surface area contributed by atoms with Gasteiger partial charge in [-0.2, -0.15) is 0 Å². The van der Waals surface area contributed by atoms with Crippen LogP contribution in [-0.4, -0.2) is 26.2 Å². The second kappa shape index (κ2) is 6.81. The van der Waals surface area contributed by atoms with Gasteiger partial charge >= 0.3 is 11.9 Å². The normalized spacial score (nSPS) is 22.5. The standard InChI is InChI=1S/C17H23NO4/c1-10-13(16(19)21-3)15(12-8-6-5-7-9-12)14(11(2)18-10)17(20)22-4/h5-6,12,15,18H,7-9H2,1-4H3/t12-/m0/s1. The molecule has 1 aliphatic heterocycles. The molecule has 0 saturated heterocycles. The summed E-state index contributed by atoms with van der Waals surface area (Å²) in [6.07, 6.45) is 6.98. The average molecular weight is 305 g/mol. The Kier molecular flexibility index (Phi) is 5.06. The number of hydrogen-bond donors (Lipinski definition) is 1. The quantitative estimate of drug-likeness (QED) is 0.641. The molecular formula is C17H23NO4. The van der Waals surface area contributed by atoms with Crippen LogP contribution in [0, 0.1) is 11.8 Å². The highest BCUT2D eigenvalue weighted by molar-refractivity contribution is 5.97. The minimum absolute atomic E-state index is 0.195. The number of allylic oxidation sites excluding steroid dienone is 4. The van der Waals surface area contributed by atoms with Gasteiger partial charge in [-0.1, -0.05) is 12.2 Å². The summed E-state index contributed by atoms with van der Waals surface area (Å²) in [5.74, 6) is -0.872. The van der Waals surface area contributed by atoms with Gasteiger partial charge in [0.1, 0.15) is 0 Å². The summed E-state index contributed by atoms with van der Waals surface area (Å²) >= 11 is 0. The first-order valence-electron chi connectivity index (χ1n) is 7.51. The van der Waals surface area contributed by atoms with Gasteiger partial charge in [-0.25, -0.2) is 9.59 Å². The van der Waals surface area contributed by atoms with Gasteiger partial charge in [-0.05, 0) is 39.0 Å². The van der Waals surface area contributed by atoms with Crippen LogP contribution in [0.5, 0.6) is 0 Å². The number of carbonyl (C=O) groups excluding carboxylic acids is 2. The Morgan fingerprint density at radius 3 is 2.00 bits per heavy atom. The molecule has 0 aromatic rings. The molecule has 0 amide bonds. The van der Waals surface area contributed by atoms with Crippen molar-refractivity contribution < 1.29 is 19.1 Å². The highest BCUT2D eigenvalue weighted by Gasteiger charge is 2.40. The molecule has 22 heavy (non-hydrogen) atoms. The van der Waals surface area contributed by atoms with Gasteiger partial charge < -0.3 is 14.8 Å². The van der Waals surface area contributed by atoms with Crippen LogP contribution in [0.15, 0.2) is 34.7 Å². The van der Waals surface area contributed by atoms with Gasteiger partial charge in [0.15, 0.2) is 0 Å². The summed E-state index contributed by atoms with van der Waals surface area (Å²) in [4.78, 5) is 24.6. The van der Waals surface area contributed by atoms with Crippen LogP contribution >= 0.6 is 0 Å². The third-order valence-corrected chi connectivity index (χ3v) is 4.40. The number of hydrogen-bond acceptors (Lipinski definition) is 5. The lowest BCUT2D eigenvalue weighted by Crippen LogP contribution is -2.37. The maximum atomic E-state index is 12.3. The summed E-state index contributed by atoms with van der Waals surface area (Å²) in [6, 6.07) is 0. The van der Waals surface area contributed by atoms with Crippen molar-refractivity contribution in [1.82, 2.24) is 5.32 Å². The number of rotatable bonds is 3. The molecule has 2 rings (SSSR count). The van der Waals surface area contributed by atoms with Gasteiger partial charge in [0.2, 0.25) is 0 Å². The number of esters is 2. The molecule has 0 saturated carbocycles. The van der Waals surface area contributed by atoms with E-state index in [0.717, 1.165) is 30.7 Å². The van der Waals surface area contributed by atoms with Gasteiger partial charge in [-0.15, -0.1) is 0 Å². The van der Waals surface area contributed by atoms with Crippen molar-refractivity contribution in [3.63, 3.8) is 0 Å². The van der Waals surface area contributed by atoms with Crippen molar-refractivity contribution >= 4 is 11.9 Å². The molecular weight excluding hydrogens is 282 g/mol. The maximum absolute atomic E-state index is 12.3. The first-order valence-corrected chi connectivity index (χ1v) is 7.51. The van der Waals surface area contributed by atoms with E-state index in [2.05, 4.69) is 17.5 Å². The van der Waals surface area contributed by atoms with Crippen LogP contribution in [-0.2, 0) is 19.1 Å². The van der Waals surface area contributed by atoms with E-state index in [1.165, 1.54) is 14.2 Å². The predicted molar refractivity (Wildman–Crippen MR) is 82.5 cm³/mol. The van der Waals surface area contributed by atoms with E-state index >= 15 is 0 Å². The molecule has 0 fully saturated rings. The molecule has 0 spiro atoms. The fourth-order valence-corrected chi connectivity index (χ4v) is 3.40. The number of dihydropyridines is 1. The van der Waals surface area contributed by atoms with Crippen LogP contribution in [0.1, 0.15) is 33.1 Å². The Balaban J connectivity index is 2.52. The van der Waals surface area contributed by atoms with Crippen LogP contribution in [0.25, 0.3) is 0 Å². The van der Waals surface area contributed by atoms with Crippen LogP contribution in [0.3, 0.4) is 0 Å². The molecule has 0 radical (unpaired) electrons. The molecule has 1 N–H and O–H groups in total. The van der Waals surface area contributed by atoms with Gasteiger partial charge in [0, 0.05) is 17.3 Å². The lowest BCUT2D eigenvalue weighted by molar-refractivity contribution is -0.138. The van der Waals surface area contributed by atoms with E-state index in [0.29, 0.717) is 11.1 Å². The lowest BCUT2D eigenvalue weighted by Gasteiger charge is -2.35. The molecule has 120 valence electrons. The van der Waals surface area contributed by atoms with Crippen LogP contribution in [0.2, 0.25) is 0 Å². The summed E-state index contributed by atoms with van der Waals surface area (Å²) in [6.45, 7) is 3.69. The third-order valence-electron chi connectivity index (χ3n) is 4.40. The Labute approximate surface area is 131 Å². The molecule has 0 bridgehead atoms. The second-order valence-electron chi connectivity index (χ2n) is 5.71. The van der Waals surface area contributed by atoms with E-state index in [-0.39, 0.29) is 11.8 Å². The van der Waals surface area contributed by atoms with Crippen LogP contribution in [0.4, 0.5) is 0 Å². The van der Waals surface area contributed by atoms with E-state index < -0.39 is 11.9 Å². The number of ether oxygens (including phenoxy) is 2. The number of carbonyl (C=O) groups is 2. The summed E-state index contributed by atoms with van der Waals surface area (Å²) in [5, 5.41) is 3.12. The minimum atomic E-state index is -0.390. The Morgan fingerprint density at radius 1 is 1.05 bits per heavy atom. The zero-order valence-corrected chi connectivity index (χ0v) is 13.6. The second-order valence-corrected chi connectivity index (χ2v) is 5.71. The lowest BCUT2D eigenvalue weighted by atomic mass is 9.72. The van der Waals surface area contributed by atoms with Gasteiger partial charge in [0.05, 0.1) is 25.4 Å². The van der Waals surface area contributed by atoms with Crippen molar-refractivity contribution in [2.24, 2.45) is 11.8 Å². The molecule has 2 aliphatic rings. The Hall–Kier alpha value is -2.04. The SMILES string of the molecule is COC(=O)C1=C(C)NC(C)=C(C(=O)OC)C1[C@H]1CC=CCC1. The van der Waals surface area contributed by atoms with E-state index in [1.54, 1.807) is 0 Å². The van der Waals surface area contributed by atoms with Gasteiger partial charge in [0.25, 0.3) is 0 Å². The summed E-state index contributed by atoms with van der Waals surface area (Å²) < 4.78 is 9.90. The van der Waals surface area contributed by atoms with Crippen molar-refractivity contribution in [1.29, 1.82) is 0 Å². The van der Waals surface area contributed by atoms with Crippen molar-refractivity contribution in [2.75, 3.05) is 14.2 Å². The fraction of sp³-hybridized carbons (Fsp3) is 0.529. The largest absolute Gasteiger partial charge is 0.466 e. The first kappa shape index (κ1) is 16.3. The van der Waals surface area contributed by atoms with Crippen molar-refractivity contribution in [3.8, 4) is 0 Å². The molecule has 1 atom stereocenters. The minimum Gasteiger partial charge on any atom is -0.466 e. The molecule has 5 nitrogen and oxygen atoms in total. The van der Waals surface area contributed by atoms with E-state index in [4.69, 9.17) is 9.47 Å². The summed E-state index contributed by atoms with van der Waals surface area (Å²) in [7, 11) is 2.73. The van der Waals surface area contributed by atoms with Crippen LogP contribution < -0.4 is 5.32 Å². The van der Waals surface area contributed by atoms with E-state index in [9.17, 15) is 9.59 Å². The fourth-order valence-electron chi connectivity index (χ4n) is 3.40. The molecule has 0 aromatic heterocycles. The zero-order chi connectivity index (χ0) is 16.3. The first-order chi connectivity index (χ1) is 10.5. The summed E-state index contributed by atoms with van der Waals surface area (Å²) in [5.41, 5.74) is 2.57. The number of methoxy groups -OCH3 is 2. The number of nitrogens with one attached hydrogen (secondary N) is 1. The molecule has 0 unspecified atom stereocenters. The zero-order valence-electron chi connectivity index (χ0n) is 13.6. The monoisotopic (exact) mass is 305 g/mol. The van der Waals surface area contributed by atoms with Crippen molar-refractivity contribution in [2.45, 2.75) is 33.1 Å². The van der Waals surface area contributed by atoms with Gasteiger partial charge in [-0.3, -0.25) is 0 Å². The molecule has 5 heteroatoms. The Bertz CT molecular complexity index is 533. The predicted octanol–water partition coefficient (Wildman–Crippen LogP) is 2.46. The average Bonchev–Trinajstić information content (AvgIpc) is 2.53. The highest BCUT2D eigenvalue weighted by atomic mass is 16.5. The Morgan fingerprint density at radius 2 is 1.59 bits per heavy atom. The maximum Gasteiger partial charge on any atom is 0.336 e. The van der Waals surface area contributed by atoms with E-state index in [1.807, 2.05) is 13.8 Å². The third kappa shape index (κ3) is 2.93. The molecule has 1 heterocycles. The highest BCUT2D eigenvalue weighted by Crippen LogP contribution is 2.41. The molecule has 0 aromatic carbocycles. The smallest absolute Gasteiger partial charge is 0.336 e. The topological polar surface area (TPSA) is 64.6 Å². The van der Waals surface area contributed by atoms with Crippen molar-refractivity contribution in [3.05, 3.63) is 34.7 Å². The molecule has 1 aliphatic carbocycles.